The molecule has 0 spiro atoms. The molecule has 2 N–H and O–H groups in total. The number of nitrogens with zero attached hydrogens (tertiary/aromatic N) is 1. The lowest BCUT2D eigenvalue weighted by atomic mass is 10.1. The van der Waals surface area contributed by atoms with Crippen LogP contribution < -0.4 is 10.6 Å². The average molecular weight is 251 g/mol. The molecule has 0 aliphatic rings. The number of hydrogen-bond donors (Lipinski definition) is 2. The largest absolute Gasteiger partial charge is 0.361 e. The average Bonchev–Trinajstić information content (AvgIpc) is 2.14. The van der Waals surface area contributed by atoms with E-state index in [0.717, 1.165) is 18.8 Å². The summed E-state index contributed by atoms with van der Waals surface area (Å²) < 4.78 is 0. The molecule has 0 heterocycles. The second-order valence-corrected chi connectivity index (χ2v) is 4.97. The number of anilines is 1. The smallest absolute Gasteiger partial charge is 0.170 e. The van der Waals surface area contributed by atoms with Gasteiger partial charge in [-0.05, 0) is 63.4 Å². The van der Waals surface area contributed by atoms with E-state index in [1.54, 1.807) is 0 Å². The Balaban J connectivity index is 2.45. The van der Waals surface area contributed by atoms with Gasteiger partial charge in [0.25, 0.3) is 0 Å². The lowest BCUT2D eigenvalue weighted by Gasteiger charge is -2.14. The predicted octanol–water partition coefficient (Wildman–Crippen LogP) is 2.15. The van der Waals surface area contributed by atoms with Gasteiger partial charge in [-0.3, -0.25) is 0 Å². The number of likely N-dealkylation sites (N-methyl/N-ethyl adjacent to an activating group) is 1. The topological polar surface area (TPSA) is 27.3 Å². The minimum absolute atomic E-state index is 0.678. The lowest BCUT2D eigenvalue weighted by Crippen LogP contribution is -2.34. The van der Waals surface area contributed by atoms with E-state index in [1.807, 2.05) is 14.1 Å². The summed E-state index contributed by atoms with van der Waals surface area (Å²) in [6.07, 6.45) is 0. The first-order chi connectivity index (χ1) is 7.97. The standard InChI is InChI=1S/C13H21N3S/c1-10-7-11(2)9-12(8-10)15-13(17)14-5-6-16(3)4/h7-9H,5-6H2,1-4H3,(H2,14,15,17). The molecule has 1 aromatic rings. The summed E-state index contributed by atoms with van der Waals surface area (Å²) in [5.74, 6) is 0. The summed E-state index contributed by atoms with van der Waals surface area (Å²) in [5.41, 5.74) is 3.53. The fourth-order valence-electron chi connectivity index (χ4n) is 1.62. The summed E-state index contributed by atoms with van der Waals surface area (Å²) >= 11 is 5.23. The van der Waals surface area contributed by atoms with Crippen molar-refractivity contribution in [1.82, 2.24) is 10.2 Å². The molecule has 0 fully saturated rings. The number of benzene rings is 1. The fraction of sp³-hybridized carbons (Fsp3) is 0.462. The Hall–Kier alpha value is -1.13. The first-order valence-electron chi connectivity index (χ1n) is 5.75. The molecule has 0 saturated carbocycles. The van der Waals surface area contributed by atoms with Crippen molar-refractivity contribution in [2.45, 2.75) is 13.8 Å². The van der Waals surface area contributed by atoms with Gasteiger partial charge in [-0.15, -0.1) is 0 Å². The number of aryl methyl sites for hydroxylation is 2. The summed E-state index contributed by atoms with van der Waals surface area (Å²) in [6, 6.07) is 6.33. The van der Waals surface area contributed by atoms with Crippen molar-refractivity contribution in [1.29, 1.82) is 0 Å². The Labute approximate surface area is 109 Å². The first-order valence-corrected chi connectivity index (χ1v) is 6.16. The number of rotatable bonds is 4. The molecule has 0 bridgehead atoms. The highest BCUT2D eigenvalue weighted by molar-refractivity contribution is 7.80. The van der Waals surface area contributed by atoms with Gasteiger partial charge in [0.2, 0.25) is 0 Å². The van der Waals surface area contributed by atoms with Crippen molar-refractivity contribution in [3.05, 3.63) is 29.3 Å². The van der Waals surface area contributed by atoms with Crippen LogP contribution >= 0.6 is 12.2 Å². The van der Waals surface area contributed by atoms with Gasteiger partial charge in [0, 0.05) is 18.8 Å². The van der Waals surface area contributed by atoms with E-state index >= 15 is 0 Å². The third kappa shape index (κ3) is 5.65. The molecule has 0 aromatic heterocycles. The zero-order valence-corrected chi connectivity index (χ0v) is 11.8. The van der Waals surface area contributed by atoms with Crippen LogP contribution in [-0.4, -0.2) is 37.2 Å². The molecule has 0 aliphatic carbocycles. The minimum Gasteiger partial charge on any atom is -0.361 e. The fourth-order valence-corrected chi connectivity index (χ4v) is 1.84. The van der Waals surface area contributed by atoms with Gasteiger partial charge in [-0.25, -0.2) is 0 Å². The highest BCUT2D eigenvalue weighted by atomic mass is 32.1. The molecule has 0 aliphatic heterocycles. The van der Waals surface area contributed by atoms with Crippen LogP contribution in [0.15, 0.2) is 18.2 Å². The van der Waals surface area contributed by atoms with Crippen molar-refractivity contribution in [2.24, 2.45) is 0 Å². The van der Waals surface area contributed by atoms with Crippen molar-refractivity contribution >= 4 is 23.0 Å². The molecule has 4 heteroatoms. The van der Waals surface area contributed by atoms with E-state index in [-0.39, 0.29) is 0 Å². The molecular weight excluding hydrogens is 230 g/mol. The summed E-state index contributed by atoms with van der Waals surface area (Å²) in [5, 5.41) is 7.06. The maximum atomic E-state index is 5.23. The molecule has 1 aromatic carbocycles. The molecule has 94 valence electrons. The number of hydrogen-bond acceptors (Lipinski definition) is 2. The third-order valence-corrected chi connectivity index (χ3v) is 2.57. The molecular formula is C13H21N3S. The van der Waals surface area contributed by atoms with Gasteiger partial charge < -0.3 is 15.5 Å². The second kappa shape index (κ2) is 6.57. The first kappa shape index (κ1) is 13.9. The lowest BCUT2D eigenvalue weighted by molar-refractivity contribution is 0.413. The van der Waals surface area contributed by atoms with E-state index in [4.69, 9.17) is 12.2 Å². The van der Waals surface area contributed by atoms with Crippen molar-refractivity contribution in [2.75, 3.05) is 32.5 Å². The van der Waals surface area contributed by atoms with E-state index in [2.05, 4.69) is 47.6 Å². The monoisotopic (exact) mass is 251 g/mol. The summed E-state index contributed by atoms with van der Waals surface area (Å²) in [6.45, 7) is 5.99. The van der Waals surface area contributed by atoms with Gasteiger partial charge in [0.05, 0.1) is 0 Å². The van der Waals surface area contributed by atoms with Crippen LogP contribution in [-0.2, 0) is 0 Å². The normalized spacial score (nSPS) is 10.4. The molecule has 0 amide bonds. The molecule has 0 saturated heterocycles. The van der Waals surface area contributed by atoms with Gasteiger partial charge in [0.1, 0.15) is 0 Å². The number of thiocarbonyl (C=S) groups is 1. The second-order valence-electron chi connectivity index (χ2n) is 4.56. The zero-order chi connectivity index (χ0) is 12.8. The Morgan fingerprint density at radius 1 is 1.18 bits per heavy atom. The molecule has 1 rings (SSSR count). The summed E-state index contributed by atoms with van der Waals surface area (Å²) in [4.78, 5) is 2.12. The molecule has 3 nitrogen and oxygen atoms in total. The zero-order valence-electron chi connectivity index (χ0n) is 11.0. The van der Waals surface area contributed by atoms with E-state index in [0.29, 0.717) is 5.11 Å². The molecule has 17 heavy (non-hydrogen) atoms. The van der Waals surface area contributed by atoms with Crippen LogP contribution in [0, 0.1) is 13.8 Å². The van der Waals surface area contributed by atoms with Crippen molar-refractivity contribution in [3.63, 3.8) is 0 Å². The van der Waals surface area contributed by atoms with Crippen LogP contribution in [0.3, 0.4) is 0 Å². The Bertz CT molecular complexity index is 368. The van der Waals surface area contributed by atoms with Crippen LogP contribution in [0.25, 0.3) is 0 Å². The van der Waals surface area contributed by atoms with Crippen molar-refractivity contribution in [3.8, 4) is 0 Å². The highest BCUT2D eigenvalue weighted by Gasteiger charge is 1.99. The van der Waals surface area contributed by atoms with Crippen LogP contribution in [0.4, 0.5) is 5.69 Å². The minimum atomic E-state index is 0.678. The van der Waals surface area contributed by atoms with Crippen LogP contribution in [0.2, 0.25) is 0 Å². The maximum absolute atomic E-state index is 5.23. The van der Waals surface area contributed by atoms with Crippen LogP contribution in [0.1, 0.15) is 11.1 Å². The Morgan fingerprint density at radius 3 is 2.29 bits per heavy atom. The van der Waals surface area contributed by atoms with Gasteiger partial charge in [-0.1, -0.05) is 6.07 Å². The van der Waals surface area contributed by atoms with E-state index in [1.165, 1.54) is 11.1 Å². The Kier molecular flexibility index (Phi) is 5.38. The molecule has 0 radical (unpaired) electrons. The van der Waals surface area contributed by atoms with Crippen LogP contribution in [0.5, 0.6) is 0 Å². The predicted molar refractivity (Wildman–Crippen MR) is 78.7 cm³/mol. The van der Waals surface area contributed by atoms with Gasteiger partial charge in [-0.2, -0.15) is 0 Å². The quantitative estimate of drug-likeness (QED) is 0.802. The number of nitrogens with one attached hydrogen (secondary N) is 2. The van der Waals surface area contributed by atoms with Crippen molar-refractivity contribution < 1.29 is 0 Å². The Morgan fingerprint density at radius 2 is 1.76 bits per heavy atom. The SMILES string of the molecule is Cc1cc(C)cc(NC(=S)NCCN(C)C)c1. The molecule has 0 atom stereocenters. The van der Waals surface area contributed by atoms with Gasteiger partial charge in [0.15, 0.2) is 5.11 Å². The highest BCUT2D eigenvalue weighted by Crippen LogP contribution is 2.13. The van der Waals surface area contributed by atoms with Gasteiger partial charge >= 0.3 is 0 Å². The van der Waals surface area contributed by atoms with E-state index in [9.17, 15) is 0 Å². The summed E-state index contributed by atoms with van der Waals surface area (Å²) in [7, 11) is 4.09. The third-order valence-electron chi connectivity index (χ3n) is 2.32. The van der Waals surface area contributed by atoms with E-state index < -0.39 is 0 Å². The maximum Gasteiger partial charge on any atom is 0.170 e. The molecule has 0 unspecified atom stereocenters.